The molecule has 4 nitrogen and oxygen atoms in total. The lowest BCUT2D eigenvalue weighted by Gasteiger charge is -2.46. The molecule has 3 aromatic carbocycles. The number of rotatable bonds is 5. The molecule has 5 heteroatoms. The SMILES string of the molecule is CC1C=CC2=CC=C3CN(CC(=O)NC4C(C(=O)c5ccccc5)=CC(Cl)C(C)C4C)Cc4ccc5ccccc5c4[C@@H]3C2(C)C1. The van der Waals surface area contributed by atoms with E-state index in [0.717, 1.165) is 6.42 Å². The summed E-state index contributed by atoms with van der Waals surface area (Å²) in [7, 11) is 0. The Labute approximate surface area is 277 Å². The summed E-state index contributed by atoms with van der Waals surface area (Å²) < 4.78 is 0. The molecule has 0 saturated carbocycles. The van der Waals surface area contributed by atoms with Crippen molar-refractivity contribution in [3.05, 3.63) is 131 Å². The third kappa shape index (κ3) is 5.40. The van der Waals surface area contributed by atoms with Gasteiger partial charge in [-0.2, -0.15) is 0 Å². The highest BCUT2D eigenvalue weighted by Gasteiger charge is 2.46. The summed E-state index contributed by atoms with van der Waals surface area (Å²) in [4.78, 5) is 30.0. The number of carbonyl (C=O) groups excluding carboxylic acids is 2. The summed E-state index contributed by atoms with van der Waals surface area (Å²) in [6.07, 6.45) is 12.2. The largest absolute Gasteiger partial charge is 0.348 e. The second-order valence-corrected chi connectivity index (χ2v) is 14.8. The first kappa shape index (κ1) is 30.9. The minimum absolute atomic E-state index is 0.00521. The van der Waals surface area contributed by atoms with Crippen LogP contribution >= 0.6 is 11.6 Å². The third-order valence-electron chi connectivity index (χ3n) is 11.2. The smallest absolute Gasteiger partial charge is 0.234 e. The zero-order valence-corrected chi connectivity index (χ0v) is 27.9. The predicted molar refractivity (Wildman–Crippen MR) is 188 cm³/mol. The second-order valence-electron chi connectivity index (χ2n) is 14.3. The number of allylic oxidation sites excluding steroid dienone is 6. The van der Waals surface area contributed by atoms with Crippen molar-refractivity contribution < 1.29 is 9.59 Å². The Balaban J connectivity index is 1.21. The van der Waals surface area contributed by atoms with Crippen molar-refractivity contribution in [2.75, 3.05) is 13.1 Å². The van der Waals surface area contributed by atoms with Crippen LogP contribution in [0.4, 0.5) is 0 Å². The van der Waals surface area contributed by atoms with E-state index in [9.17, 15) is 9.59 Å². The van der Waals surface area contributed by atoms with Gasteiger partial charge in [-0.05, 0) is 57.2 Å². The van der Waals surface area contributed by atoms with Crippen molar-refractivity contribution in [2.24, 2.45) is 23.2 Å². The van der Waals surface area contributed by atoms with E-state index in [4.69, 9.17) is 11.6 Å². The zero-order valence-electron chi connectivity index (χ0n) is 27.2. The third-order valence-corrected chi connectivity index (χ3v) is 11.7. The van der Waals surface area contributed by atoms with E-state index in [0.29, 0.717) is 30.1 Å². The van der Waals surface area contributed by atoms with Gasteiger partial charge < -0.3 is 5.32 Å². The van der Waals surface area contributed by atoms with Gasteiger partial charge in [-0.25, -0.2) is 0 Å². The molecule has 1 amide bonds. The van der Waals surface area contributed by atoms with Gasteiger partial charge in [-0.15, -0.1) is 11.6 Å². The van der Waals surface area contributed by atoms with Crippen molar-refractivity contribution in [1.82, 2.24) is 10.2 Å². The first-order chi connectivity index (χ1) is 22.1. The number of nitrogens with zero attached hydrogens (tertiary/aromatic N) is 1. The van der Waals surface area contributed by atoms with E-state index < -0.39 is 6.04 Å². The highest BCUT2D eigenvalue weighted by Crippen LogP contribution is 2.57. The number of hydrogen-bond donors (Lipinski definition) is 1. The molecule has 7 rings (SSSR count). The van der Waals surface area contributed by atoms with E-state index in [-0.39, 0.29) is 46.8 Å². The number of Topliss-reactive ketones (excluding diaryl/α,β-unsaturated/α-hetero) is 1. The summed E-state index contributed by atoms with van der Waals surface area (Å²) in [5.41, 5.74) is 6.61. The Morgan fingerprint density at radius 3 is 2.50 bits per heavy atom. The Kier molecular flexibility index (Phi) is 8.15. The van der Waals surface area contributed by atoms with Gasteiger partial charge in [-0.1, -0.05) is 125 Å². The van der Waals surface area contributed by atoms with Crippen molar-refractivity contribution in [3.8, 4) is 0 Å². The average Bonchev–Trinajstić information content (AvgIpc) is 3.21. The van der Waals surface area contributed by atoms with Crippen LogP contribution in [0.25, 0.3) is 10.8 Å². The number of alkyl halides is 1. The maximum atomic E-state index is 14.0. The molecule has 1 N–H and O–H groups in total. The molecule has 0 fully saturated rings. The van der Waals surface area contributed by atoms with Crippen molar-refractivity contribution in [2.45, 2.75) is 58.0 Å². The average molecular weight is 631 g/mol. The van der Waals surface area contributed by atoms with Crippen LogP contribution in [0.2, 0.25) is 0 Å². The molecule has 0 spiro atoms. The Morgan fingerprint density at radius 2 is 1.70 bits per heavy atom. The lowest BCUT2D eigenvalue weighted by atomic mass is 9.57. The number of nitrogens with one attached hydrogen (secondary N) is 1. The molecule has 1 heterocycles. The predicted octanol–water partition coefficient (Wildman–Crippen LogP) is 8.40. The van der Waals surface area contributed by atoms with Gasteiger partial charge in [-0.3, -0.25) is 14.5 Å². The van der Waals surface area contributed by atoms with Gasteiger partial charge in [0.1, 0.15) is 0 Å². The molecule has 4 aliphatic rings. The quantitative estimate of drug-likeness (QED) is 0.228. The standard InChI is InChI=1S/C41H43ClN2O2/c1-25-14-18-32-19-17-31-23-44(22-30-16-15-28-10-8-9-13-33(28)37(30)38(31)41(32,4)21-25)24-36(45)43-39-27(3)26(2)35(42)20-34(39)40(46)29-11-6-5-7-12-29/h5-20,25-27,35,38-39H,21-24H2,1-4H3,(H,43,45)/t25?,26?,27?,35?,38-,39?,41?/m1/s1. The van der Waals surface area contributed by atoms with Crippen LogP contribution in [0.3, 0.4) is 0 Å². The van der Waals surface area contributed by atoms with Gasteiger partial charge in [0, 0.05) is 35.6 Å². The van der Waals surface area contributed by atoms with Gasteiger partial charge >= 0.3 is 0 Å². The van der Waals surface area contributed by atoms with Crippen molar-refractivity contribution in [1.29, 1.82) is 0 Å². The minimum Gasteiger partial charge on any atom is -0.348 e. The van der Waals surface area contributed by atoms with E-state index >= 15 is 0 Å². The summed E-state index contributed by atoms with van der Waals surface area (Å²) in [6.45, 7) is 10.6. The molecule has 1 aliphatic heterocycles. The molecule has 6 unspecified atom stereocenters. The van der Waals surface area contributed by atoms with E-state index in [1.807, 2.05) is 36.4 Å². The monoisotopic (exact) mass is 630 g/mol. The van der Waals surface area contributed by atoms with Crippen LogP contribution in [0.15, 0.2) is 114 Å². The van der Waals surface area contributed by atoms with Crippen molar-refractivity contribution >= 4 is 34.1 Å². The Morgan fingerprint density at radius 1 is 0.935 bits per heavy atom. The maximum Gasteiger partial charge on any atom is 0.234 e. The topological polar surface area (TPSA) is 49.4 Å². The molecular formula is C41H43ClN2O2. The van der Waals surface area contributed by atoms with E-state index in [1.54, 1.807) is 0 Å². The van der Waals surface area contributed by atoms with Crippen LogP contribution in [-0.2, 0) is 11.3 Å². The number of fused-ring (bicyclic) bond motifs is 7. The van der Waals surface area contributed by atoms with E-state index in [2.05, 4.69) is 98.6 Å². The fraction of sp³-hybridized carbons (Fsp3) is 0.366. The van der Waals surface area contributed by atoms with Gasteiger partial charge in [0.15, 0.2) is 5.78 Å². The van der Waals surface area contributed by atoms with Gasteiger partial charge in [0.2, 0.25) is 5.91 Å². The lowest BCUT2D eigenvalue weighted by Crippen LogP contribution is -2.51. The lowest BCUT2D eigenvalue weighted by molar-refractivity contribution is -0.123. The number of amides is 1. The molecule has 236 valence electrons. The maximum absolute atomic E-state index is 14.0. The zero-order chi connectivity index (χ0) is 32.2. The van der Waals surface area contributed by atoms with Gasteiger partial charge in [0.05, 0.1) is 18.0 Å². The molecule has 3 aliphatic carbocycles. The van der Waals surface area contributed by atoms with Gasteiger partial charge in [0.25, 0.3) is 0 Å². The fourth-order valence-corrected chi connectivity index (χ4v) is 8.95. The molecule has 0 radical (unpaired) electrons. The molecule has 0 saturated heterocycles. The second kappa shape index (κ2) is 12.1. The number of hydrogen-bond acceptors (Lipinski definition) is 3. The molecule has 0 aromatic heterocycles. The van der Waals surface area contributed by atoms with E-state index in [1.165, 1.54) is 33.0 Å². The van der Waals surface area contributed by atoms with Crippen LogP contribution in [0.5, 0.6) is 0 Å². The van der Waals surface area contributed by atoms with Crippen LogP contribution in [0.1, 0.15) is 61.5 Å². The normalized spacial score (nSPS) is 30.6. The number of halogens is 1. The summed E-state index contributed by atoms with van der Waals surface area (Å²) in [5.74, 6) is 0.695. The van der Waals surface area contributed by atoms with Crippen molar-refractivity contribution in [3.63, 3.8) is 0 Å². The first-order valence-electron chi connectivity index (χ1n) is 16.7. The number of carbonyl (C=O) groups is 2. The molecular weight excluding hydrogens is 588 g/mol. The highest BCUT2D eigenvalue weighted by atomic mass is 35.5. The molecule has 0 bridgehead atoms. The van der Waals surface area contributed by atoms with Crippen LogP contribution in [-0.4, -0.2) is 41.1 Å². The molecule has 3 aromatic rings. The highest BCUT2D eigenvalue weighted by molar-refractivity contribution is 6.23. The summed E-state index contributed by atoms with van der Waals surface area (Å²) in [5, 5.41) is 5.60. The number of benzene rings is 3. The first-order valence-corrected chi connectivity index (χ1v) is 17.1. The Hall–Kier alpha value is -3.73. The fourth-order valence-electron chi connectivity index (χ4n) is 8.59. The Bertz CT molecular complexity index is 1820. The molecule has 7 atom stereocenters. The number of ketones is 1. The van der Waals surface area contributed by atoms with Crippen LogP contribution in [0, 0.1) is 23.2 Å². The molecule has 46 heavy (non-hydrogen) atoms. The summed E-state index contributed by atoms with van der Waals surface area (Å²) in [6, 6.07) is 22.1. The summed E-state index contributed by atoms with van der Waals surface area (Å²) >= 11 is 6.72. The minimum atomic E-state index is -0.407. The van der Waals surface area contributed by atoms with Crippen LogP contribution < -0.4 is 5.32 Å².